The molecule has 3 N–H and O–H groups in total. The second-order valence-corrected chi connectivity index (χ2v) is 4.51. The molecule has 1 rings (SSSR count). The molecule has 5 nitrogen and oxygen atoms in total. The summed E-state index contributed by atoms with van der Waals surface area (Å²) in [5.74, 6) is -1.46. The van der Waals surface area contributed by atoms with Gasteiger partial charge in [0.25, 0.3) is 0 Å². The number of benzene rings is 1. The van der Waals surface area contributed by atoms with Crippen LogP contribution in [-0.2, 0) is 9.59 Å². The minimum Gasteiger partial charge on any atom is -0.394 e. The largest absolute Gasteiger partial charge is 0.394 e. The lowest BCUT2D eigenvalue weighted by molar-refractivity contribution is -0.136. The number of aryl methyl sites for hydroxylation is 2. The van der Waals surface area contributed by atoms with Gasteiger partial charge in [-0.2, -0.15) is 0 Å². The lowest BCUT2D eigenvalue weighted by Crippen LogP contribution is -2.43. The highest BCUT2D eigenvalue weighted by atomic mass is 16.3. The number of amides is 2. The number of hydrogen-bond acceptors (Lipinski definition) is 3. The van der Waals surface area contributed by atoms with E-state index in [9.17, 15) is 9.59 Å². The Hall–Kier alpha value is -1.88. The Balaban J connectivity index is 2.63. The van der Waals surface area contributed by atoms with E-state index in [2.05, 4.69) is 10.6 Å². The second-order valence-electron chi connectivity index (χ2n) is 4.51. The van der Waals surface area contributed by atoms with Crippen molar-refractivity contribution in [3.63, 3.8) is 0 Å². The SMILES string of the molecule is CCC(CO)NC(=O)C(=O)Nc1ccc(C)c(C)c1. The van der Waals surface area contributed by atoms with Gasteiger partial charge in [0.05, 0.1) is 12.6 Å². The zero-order chi connectivity index (χ0) is 14.4. The molecule has 0 heterocycles. The Morgan fingerprint density at radius 3 is 2.42 bits per heavy atom. The zero-order valence-electron chi connectivity index (χ0n) is 11.5. The van der Waals surface area contributed by atoms with Gasteiger partial charge < -0.3 is 15.7 Å². The van der Waals surface area contributed by atoms with Crippen LogP contribution in [0.2, 0.25) is 0 Å². The number of carbonyl (C=O) groups excluding carboxylic acids is 2. The molecule has 1 aromatic carbocycles. The molecule has 2 amide bonds. The molecule has 5 heteroatoms. The van der Waals surface area contributed by atoms with Crippen molar-refractivity contribution in [2.45, 2.75) is 33.2 Å². The van der Waals surface area contributed by atoms with Crippen molar-refractivity contribution in [1.29, 1.82) is 0 Å². The Bertz CT molecular complexity index is 468. The summed E-state index contributed by atoms with van der Waals surface area (Å²) >= 11 is 0. The van der Waals surface area contributed by atoms with Gasteiger partial charge in [0.1, 0.15) is 0 Å². The number of aliphatic hydroxyl groups excluding tert-OH is 1. The highest BCUT2D eigenvalue weighted by molar-refractivity contribution is 6.39. The van der Waals surface area contributed by atoms with Crippen LogP contribution in [0.4, 0.5) is 5.69 Å². The number of rotatable bonds is 4. The molecular weight excluding hydrogens is 244 g/mol. The summed E-state index contributed by atoms with van der Waals surface area (Å²) in [5, 5.41) is 14.0. The quantitative estimate of drug-likeness (QED) is 0.713. The van der Waals surface area contributed by atoms with Crippen LogP contribution in [0, 0.1) is 13.8 Å². The van der Waals surface area contributed by atoms with Gasteiger partial charge in [0, 0.05) is 5.69 Å². The molecule has 19 heavy (non-hydrogen) atoms. The maximum Gasteiger partial charge on any atom is 0.313 e. The predicted octanol–water partition coefficient (Wildman–Crippen LogP) is 1.13. The normalized spacial score (nSPS) is 11.8. The number of nitrogens with one attached hydrogen (secondary N) is 2. The zero-order valence-corrected chi connectivity index (χ0v) is 11.5. The smallest absolute Gasteiger partial charge is 0.313 e. The molecule has 0 bridgehead atoms. The van der Waals surface area contributed by atoms with Crippen LogP contribution in [0.25, 0.3) is 0 Å². The van der Waals surface area contributed by atoms with Crippen molar-refractivity contribution in [2.75, 3.05) is 11.9 Å². The first-order valence-electron chi connectivity index (χ1n) is 6.27. The number of aliphatic hydroxyl groups is 1. The molecule has 0 aliphatic rings. The monoisotopic (exact) mass is 264 g/mol. The van der Waals surface area contributed by atoms with Gasteiger partial charge in [-0.3, -0.25) is 9.59 Å². The Morgan fingerprint density at radius 2 is 1.89 bits per heavy atom. The van der Waals surface area contributed by atoms with Crippen LogP contribution in [0.1, 0.15) is 24.5 Å². The van der Waals surface area contributed by atoms with Gasteiger partial charge in [-0.1, -0.05) is 13.0 Å². The van der Waals surface area contributed by atoms with Crippen LogP contribution in [-0.4, -0.2) is 29.6 Å². The van der Waals surface area contributed by atoms with Crippen molar-refractivity contribution in [3.8, 4) is 0 Å². The molecule has 1 unspecified atom stereocenters. The summed E-state index contributed by atoms with van der Waals surface area (Å²) in [6, 6.07) is 5.05. The molecular formula is C14H20N2O3. The first-order chi connectivity index (χ1) is 8.97. The molecule has 0 aliphatic carbocycles. The van der Waals surface area contributed by atoms with Gasteiger partial charge in [0.2, 0.25) is 0 Å². The molecule has 0 spiro atoms. The summed E-state index contributed by atoms with van der Waals surface area (Å²) in [4.78, 5) is 23.3. The first kappa shape index (κ1) is 15.2. The van der Waals surface area contributed by atoms with Crippen LogP contribution in [0.15, 0.2) is 18.2 Å². The molecule has 1 aromatic rings. The lowest BCUT2D eigenvalue weighted by atomic mass is 10.1. The van der Waals surface area contributed by atoms with E-state index in [-0.39, 0.29) is 6.61 Å². The van der Waals surface area contributed by atoms with Gasteiger partial charge in [-0.05, 0) is 43.5 Å². The van der Waals surface area contributed by atoms with E-state index in [0.29, 0.717) is 12.1 Å². The molecule has 104 valence electrons. The third-order valence-corrected chi connectivity index (χ3v) is 3.02. The Labute approximate surface area is 113 Å². The average Bonchev–Trinajstić information content (AvgIpc) is 2.39. The molecule has 0 aromatic heterocycles. The molecule has 0 aliphatic heterocycles. The van der Waals surface area contributed by atoms with Crippen molar-refractivity contribution in [2.24, 2.45) is 0 Å². The third-order valence-electron chi connectivity index (χ3n) is 3.02. The minimum absolute atomic E-state index is 0.181. The molecule has 0 radical (unpaired) electrons. The fourth-order valence-electron chi connectivity index (χ4n) is 1.53. The molecule has 1 atom stereocenters. The maximum absolute atomic E-state index is 11.7. The van der Waals surface area contributed by atoms with Crippen molar-refractivity contribution in [1.82, 2.24) is 5.32 Å². The number of hydrogen-bond donors (Lipinski definition) is 3. The first-order valence-corrected chi connectivity index (χ1v) is 6.27. The summed E-state index contributed by atoms with van der Waals surface area (Å²) in [6.45, 7) is 5.55. The maximum atomic E-state index is 11.7. The summed E-state index contributed by atoms with van der Waals surface area (Å²) in [6.07, 6.45) is 0.569. The Morgan fingerprint density at radius 1 is 1.21 bits per heavy atom. The van der Waals surface area contributed by atoms with Gasteiger partial charge in [0.15, 0.2) is 0 Å². The summed E-state index contributed by atoms with van der Waals surface area (Å²) in [5.41, 5.74) is 2.74. The Kier molecular flexibility index (Phi) is 5.51. The van der Waals surface area contributed by atoms with E-state index in [4.69, 9.17) is 5.11 Å². The molecule has 0 saturated carbocycles. The minimum atomic E-state index is -0.737. The molecule has 0 saturated heterocycles. The van der Waals surface area contributed by atoms with Crippen LogP contribution in [0.3, 0.4) is 0 Å². The van der Waals surface area contributed by atoms with E-state index in [1.165, 1.54) is 0 Å². The van der Waals surface area contributed by atoms with Crippen LogP contribution >= 0.6 is 0 Å². The summed E-state index contributed by atoms with van der Waals surface area (Å²) < 4.78 is 0. The van der Waals surface area contributed by atoms with E-state index in [0.717, 1.165) is 11.1 Å². The fraction of sp³-hybridized carbons (Fsp3) is 0.429. The van der Waals surface area contributed by atoms with Crippen molar-refractivity contribution < 1.29 is 14.7 Å². The topological polar surface area (TPSA) is 78.4 Å². The van der Waals surface area contributed by atoms with Gasteiger partial charge >= 0.3 is 11.8 Å². The lowest BCUT2D eigenvalue weighted by Gasteiger charge is -2.13. The van der Waals surface area contributed by atoms with Gasteiger partial charge in [-0.25, -0.2) is 0 Å². The van der Waals surface area contributed by atoms with Gasteiger partial charge in [-0.15, -0.1) is 0 Å². The van der Waals surface area contributed by atoms with E-state index in [1.807, 2.05) is 32.9 Å². The second kappa shape index (κ2) is 6.89. The van der Waals surface area contributed by atoms with Crippen LogP contribution < -0.4 is 10.6 Å². The van der Waals surface area contributed by atoms with E-state index < -0.39 is 17.9 Å². The van der Waals surface area contributed by atoms with Crippen LogP contribution in [0.5, 0.6) is 0 Å². The standard InChI is InChI=1S/C14H20N2O3/c1-4-11(8-17)15-13(18)14(19)16-12-6-5-9(2)10(3)7-12/h5-7,11,17H,4,8H2,1-3H3,(H,15,18)(H,16,19). The third kappa shape index (κ3) is 4.37. The van der Waals surface area contributed by atoms with Crippen molar-refractivity contribution >= 4 is 17.5 Å². The van der Waals surface area contributed by atoms with E-state index in [1.54, 1.807) is 6.07 Å². The highest BCUT2D eigenvalue weighted by Crippen LogP contribution is 2.13. The number of anilines is 1. The number of carbonyl (C=O) groups is 2. The van der Waals surface area contributed by atoms with E-state index >= 15 is 0 Å². The fourth-order valence-corrected chi connectivity index (χ4v) is 1.53. The predicted molar refractivity (Wildman–Crippen MR) is 73.9 cm³/mol. The molecule has 0 fully saturated rings. The highest BCUT2D eigenvalue weighted by Gasteiger charge is 2.17. The summed E-state index contributed by atoms with van der Waals surface area (Å²) in [7, 11) is 0. The van der Waals surface area contributed by atoms with Crippen molar-refractivity contribution in [3.05, 3.63) is 29.3 Å². The average molecular weight is 264 g/mol.